The number of nitrogens with two attached hydrogens (primary N) is 1. The fourth-order valence-corrected chi connectivity index (χ4v) is 5.35. The Morgan fingerprint density at radius 3 is 2.32 bits per heavy atom. The van der Waals surface area contributed by atoms with Gasteiger partial charge in [0.25, 0.3) is 0 Å². The number of aromatic hydroxyl groups is 1. The molecule has 0 bridgehead atoms. The molecule has 6 rings (SSSR count). The molecule has 6 aromatic rings. The van der Waals surface area contributed by atoms with Crippen LogP contribution in [-0.4, -0.2) is 15.1 Å². The third-order valence-electron chi connectivity index (χ3n) is 6.15. The summed E-state index contributed by atoms with van der Waals surface area (Å²) in [6.07, 6.45) is 1.72. The monoisotopic (exact) mass is 459 g/mol. The zero-order valence-corrected chi connectivity index (χ0v) is 19.1. The second kappa shape index (κ2) is 8.37. The summed E-state index contributed by atoms with van der Waals surface area (Å²) in [5.74, 6) is -0.0204. The number of thiophene rings is 1. The van der Waals surface area contributed by atoms with E-state index in [2.05, 4.69) is 46.8 Å². The van der Waals surface area contributed by atoms with Gasteiger partial charge in [-0.2, -0.15) is 0 Å². The number of benzene rings is 3. The standard InChI is InChI=1S/C29H21N3OS/c30-15-18-10-12-20(13-11-18)27-22(19-6-2-1-3-7-19)14-23-28(32-27)24(16-31-29(23)33)25-17-34-26-9-5-4-8-21(25)26/h1-14,16-17H,15,30H2,(H,31,33). The van der Waals surface area contributed by atoms with Gasteiger partial charge < -0.3 is 10.8 Å². The molecule has 0 fully saturated rings. The molecule has 3 N–H and O–H groups in total. The summed E-state index contributed by atoms with van der Waals surface area (Å²) < 4.78 is 1.21. The van der Waals surface area contributed by atoms with Gasteiger partial charge in [-0.25, -0.2) is 9.97 Å². The Balaban J connectivity index is 1.67. The average Bonchev–Trinajstić information content (AvgIpc) is 3.33. The molecule has 0 amide bonds. The molecule has 0 atom stereocenters. The third kappa shape index (κ3) is 3.43. The first-order valence-corrected chi connectivity index (χ1v) is 11.9. The second-order valence-electron chi connectivity index (χ2n) is 8.19. The smallest absolute Gasteiger partial charge is 0.220 e. The molecule has 3 aromatic heterocycles. The van der Waals surface area contributed by atoms with Crippen molar-refractivity contribution in [3.8, 4) is 39.4 Å². The highest BCUT2D eigenvalue weighted by atomic mass is 32.1. The molecule has 34 heavy (non-hydrogen) atoms. The zero-order valence-electron chi connectivity index (χ0n) is 18.3. The Bertz CT molecular complexity index is 1640. The van der Waals surface area contributed by atoms with E-state index in [-0.39, 0.29) is 5.88 Å². The molecule has 0 saturated carbocycles. The topological polar surface area (TPSA) is 72.0 Å². The maximum atomic E-state index is 10.7. The number of rotatable bonds is 4. The number of aromatic nitrogens is 2. The van der Waals surface area contributed by atoms with Gasteiger partial charge in [-0.1, -0.05) is 72.8 Å². The largest absolute Gasteiger partial charge is 0.493 e. The van der Waals surface area contributed by atoms with E-state index in [1.165, 1.54) is 4.70 Å². The van der Waals surface area contributed by atoms with Crippen LogP contribution in [0.15, 0.2) is 96.5 Å². The first-order valence-electron chi connectivity index (χ1n) is 11.1. The van der Waals surface area contributed by atoms with Gasteiger partial charge in [0.1, 0.15) is 0 Å². The summed E-state index contributed by atoms with van der Waals surface area (Å²) in [5.41, 5.74) is 13.4. The zero-order chi connectivity index (χ0) is 23.1. The van der Waals surface area contributed by atoms with E-state index in [1.54, 1.807) is 17.5 Å². The number of nitrogens with zero attached hydrogens (tertiary/aromatic N) is 2. The maximum absolute atomic E-state index is 10.7. The second-order valence-corrected chi connectivity index (χ2v) is 9.10. The van der Waals surface area contributed by atoms with Crippen molar-refractivity contribution in [3.63, 3.8) is 0 Å². The fourth-order valence-electron chi connectivity index (χ4n) is 4.39. The van der Waals surface area contributed by atoms with Gasteiger partial charge in [-0.05, 0) is 28.6 Å². The molecule has 164 valence electrons. The van der Waals surface area contributed by atoms with Crippen LogP contribution in [0.4, 0.5) is 0 Å². The summed E-state index contributed by atoms with van der Waals surface area (Å²) in [6.45, 7) is 0.492. The number of fused-ring (bicyclic) bond motifs is 2. The van der Waals surface area contributed by atoms with Gasteiger partial charge in [0.2, 0.25) is 5.88 Å². The van der Waals surface area contributed by atoms with Crippen LogP contribution in [0.5, 0.6) is 5.88 Å². The van der Waals surface area contributed by atoms with Crippen molar-refractivity contribution in [1.82, 2.24) is 9.97 Å². The predicted octanol–water partition coefficient (Wildman–Crippen LogP) is 7.01. The van der Waals surface area contributed by atoms with Crippen molar-refractivity contribution in [2.45, 2.75) is 6.54 Å². The molecule has 0 unspecified atom stereocenters. The molecule has 0 spiro atoms. The molecule has 0 aliphatic heterocycles. The third-order valence-corrected chi connectivity index (χ3v) is 7.12. The molecule has 0 saturated heterocycles. The average molecular weight is 460 g/mol. The minimum absolute atomic E-state index is 0.0204. The summed E-state index contributed by atoms with van der Waals surface area (Å²) in [7, 11) is 0. The van der Waals surface area contributed by atoms with E-state index in [0.29, 0.717) is 11.9 Å². The minimum Gasteiger partial charge on any atom is -0.493 e. The van der Waals surface area contributed by atoms with Gasteiger partial charge >= 0.3 is 0 Å². The van der Waals surface area contributed by atoms with Crippen molar-refractivity contribution >= 4 is 32.3 Å². The van der Waals surface area contributed by atoms with Crippen LogP contribution in [0.1, 0.15) is 5.56 Å². The molecule has 0 aliphatic rings. The first-order chi connectivity index (χ1) is 16.7. The lowest BCUT2D eigenvalue weighted by Gasteiger charge is -2.14. The SMILES string of the molecule is NCc1ccc(-c2nc3c(-c4csc5ccccc45)cnc(O)c3cc2-c2ccccc2)cc1. The Morgan fingerprint density at radius 2 is 1.53 bits per heavy atom. The predicted molar refractivity (Wildman–Crippen MR) is 141 cm³/mol. The highest BCUT2D eigenvalue weighted by Crippen LogP contribution is 2.41. The van der Waals surface area contributed by atoms with E-state index in [0.717, 1.165) is 50.0 Å². The lowest BCUT2D eigenvalue weighted by atomic mass is 9.95. The molecule has 4 nitrogen and oxygen atoms in total. The molecular weight excluding hydrogens is 438 g/mol. The molecular formula is C29H21N3OS. The summed E-state index contributed by atoms with van der Waals surface area (Å²) in [6, 6.07) is 28.6. The lowest BCUT2D eigenvalue weighted by molar-refractivity contribution is 0.460. The summed E-state index contributed by atoms with van der Waals surface area (Å²) in [4.78, 5) is 9.51. The first kappa shape index (κ1) is 20.5. The quantitative estimate of drug-likeness (QED) is 0.297. The van der Waals surface area contributed by atoms with E-state index in [4.69, 9.17) is 10.7 Å². The summed E-state index contributed by atoms with van der Waals surface area (Å²) in [5, 5.41) is 14.7. The number of hydrogen-bond donors (Lipinski definition) is 2. The van der Waals surface area contributed by atoms with Crippen LogP contribution < -0.4 is 5.73 Å². The lowest BCUT2D eigenvalue weighted by Crippen LogP contribution is -1.97. The van der Waals surface area contributed by atoms with Crippen LogP contribution in [0.3, 0.4) is 0 Å². The minimum atomic E-state index is -0.0204. The van der Waals surface area contributed by atoms with Crippen molar-refractivity contribution in [3.05, 3.63) is 102 Å². The number of pyridine rings is 2. The van der Waals surface area contributed by atoms with Crippen molar-refractivity contribution < 1.29 is 5.11 Å². The van der Waals surface area contributed by atoms with Gasteiger partial charge in [-0.3, -0.25) is 0 Å². The number of hydrogen-bond acceptors (Lipinski definition) is 5. The van der Waals surface area contributed by atoms with Crippen LogP contribution in [0.2, 0.25) is 0 Å². The van der Waals surface area contributed by atoms with Crippen LogP contribution in [0, 0.1) is 0 Å². The van der Waals surface area contributed by atoms with Gasteiger partial charge in [0, 0.05) is 45.1 Å². The fraction of sp³-hybridized carbons (Fsp3) is 0.0345. The van der Waals surface area contributed by atoms with Crippen LogP contribution in [-0.2, 0) is 6.54 Å². The van der Waals surface area contributed by atoms with E-state index in [1.807, 2.05) is 48.5 Å². The van der Waals surface area contributed by atoms with Crippen molar-refractivity contribution in [2.24, 2.45) is 5.73 Å². The molecule has 3 heterocycles. The maximum Gasteiger partial charge on any atom is 0.220 e. The molecule has 0 radical (unpaired) electrons. The highest BCUT2D eigenvalue weighted by Gasteiger charge is 2.18. The Hall–Kier alpha value is -4.06. The van der Waals surface area contributed by atoms with Gasteiger partial charge in [-0.15, -0.1) is 11.3 Å². The van der Waals surface area contributed by atoms with Gasteiger partial charge in [0.05, 0.1) is 16.6 Å². The Morgan fingerprint density at radius 1 is 0.765 bits per heavy atom. The normalized spacial score (nSPS) is 11.3. The Labute approximate surface area is 201 Å². The van der Waals surface area contributed by atoms with E-state index in [9.17, 15) is 5.11 Å². The van der Waals surface area contributed by atoms with Crippen molar-refractivity contribution in [2.75, 3.05) is 0 Å². The summed E-state index contributed by atoms with van der Waals surface area (Å²) >= 11 is 1.70. The molecule has 5 heteroatoms. The Kier molecular flexibility index (Phi) is 5.06. The van der Waals surface area contributed by atoms with Crippen molar-refractivity contribution in [1.29, 1.82) is 0 Å². The van der Waals surface area contributed by atoms with E-state index < -0.39 is 0 Å². The van der Waals surface area contributed by atoms with E-state index >= 15 is 0 Å². The van der Waals surface area contributed by atoms with Crippen LogP contribution >= 0.6 is 11.3 Å². The van der Waals surface area contributed by atoms with Gasteiger partial charge in [0.15, 0.2) is 0 Å². The van der Waals surface area contributed by atoms with Crippen LogP contribution in [0.25, 0.3) is 54.5 Å². The molecule has 0 aliphatic carbocycles. The molecule has 3 aromatic carbocycles. The highest BCUT2D eigenvalue weighted by molar-refractivity contribution is 7.17.